The van der Waals surface area contributed by atoms with Crippen molar-refractivity contribution in [2.45, 2.75) is 13.3 Å². The number of hydrogen-bond acceptors (Lipinski definition) is 3. The lowest BCUT2D eigenvalue weighted by Gasteiger charge is -2.13. The standard InChI is InChI=1S/C23H20ClN3/c1-16-8-5-6-9-17(16)14-15-25-22-21-19(18-10-3-2-4-11-18)12-7-13-20(21)26-23(24)27-22/h2-13H,14-15H2,1H3,(H,25,26,27). The molecule has 0 spiro atoms. The molecule has 4 rings (SSSR count). The second kappa shape index (κ2) is 7.77. The van der Waals surface area contributed by atoms with Gasteiger partial charge in [-0.15, -0.1) is 0 Å². The average Bonchev–Trinajstić information content (AvgIpc) is 2.69. The summed E-state index contributed by atoms with van der Waals surface area (Å²) in [5, 5.41) is 4.73. The minimum Gasteiger partial charge on any atom is -0.369 e. The maximum atomic E-state index is 6.18. The van der Waals surface area contributed by atoms with Crippen molar-refractivity contribution in [1.29, 1.82) is 0 Å². The van der Waals surface area contributed by atoms with Gasteiger partial charge in [0, 0.05) is 6.54 Å². The van der Waals surface area contributed by atoms with Gasteiger partial charge in [0.15, 0.2) is 0 Å². The molecule has 0 aliphatic carbocycles. The van der Waals surface area contributed by atoms with E-state index in [1.807, 2.05) is 30.3 Å². The Morgan fingerprint density at radius 1 is 0.852 bits per heavy atom. The van der Waals surface area contributed by atoms with Gasteiger partial charge in [-0.3, -0.25) is 0 Å². The van der Waals surface area contributed by atoms with Gasteiger partial charge in [-0.2, -0.15) is 0 Å². The summed E-state index contributed by atoms with van der Waals surface area (Å²) in [6, 6.07) is 24.8. The van der Waals surface area contributed by atoms with Crippen molar-refractivity contribution >= 4 is 28.3 Å². The number of aryl methyl sites for hydroxylation is 1. The van der Waals surface area contributed by atoms with Crippen LogP contribution in [0, 0.1) is 6.92 Å². The van der Waals surface area contributed by atoms with Gasteiger partial charge in [0.25, 0.3) is 0 Å². The first-order valence-electron chi connectivity index (χ1n) is 9.02. The summed E-state index contributed by atoms with van der Waals surface area (Å²) in [5.74, 6) is 0.776. The van der Waals surface area contributed by atoms with Crippen molar-refractivity contribution in [2.75, 3.05) is 11.9 Å². The molecule has 1 aromatic heterocycles. The molecule has 0 atom stereocenters. The number of hydrogen-bond donors (Lipinski definition) is 1. The molecule has 4 heteroatoms. The van der Waals surface area contributed by atoms with Crippen LogP contribution in [-0.4, -0.2) is 16.5 Å². The average molecular weight is 374 g/mol. The van der Waals surface area contributed by atoms with E-state index in [-0.39, 0.29) is 5.28 Å². The topological polar surface area (TPSA) is 37.8 Å². The molecule has 27 heavy (non-hydrogen) atoms. The number of aromatic nitrogens is 2. The summed E-state index contributed by atoms with van der Waals surface area (Å²) in [6.07, 6.45) is 0.920. The lowest BCUT2D eigenvalue weighted by molar-refractivity contribution is 0.994. The van der Waals surface area contributed by atoms with Crippen molar-refractivity contribution < 1.29 is 0 Å². The van der Waals surface area contributed by atoms with E-state index in [0.29, 0.717) is 0 Å². The van der Waals surface area contributed by atoms with Crippen LogP contribution in [0.4, 0.5) is 5.82 Å². The third-order valence-corrected chi connectivity index (χ3v) is 4.90. The van der Waals surface area contributed by atoms with Crippen LogP contribution in [0.5, 0.6) is 0 Å². The number of nitrogens with zero attached hydrogens (tertiary/aromatic N) is 2. The Kier molecular flexibility index (Phi) is 5.03. The van der Waals surface area contributed by atoms with Crippen LogP contribution in [0.2, 0.25) is 5.28 Å². The van der Waals surface area contributed by atoms with Crippen molar-refractivity contribution in [3.05, 3.63) is 89.2 Å². The fraction of sp³-hybridized carbons (Fsp3) is 0.130. The van der Waals surface area contributed by atoms with E-state index in [1.165, 1.54) is 11.1 Å². The van der Waals surface area contributed by atoms with E-state index in [1.54, 1.807) is 0 Å². The highest BCUT2D eigenvalue weighted by molar-refractivity contribution is 6.29. The number of anilines is 1. The summed E-state index contributed by atoms with van der Waals surface area (Å²) in [4.78, 5) is 8.90. The van der Waals surface area contributed by atoms with Crippen LogP contribution in [0.25, 0.3) is 22.0 Å². The van der Waals surface area contributed by atoms with Crippen LogP contribution >= 0.6 is 11.6 Å². The molecule has 0 aliphatic heterocycles. The molecule has 1 N–H and O–H groups in total. The summed E-state index contributed by atoms with van der Waals surface area (Å²) in [7, 11) is 0. The highest BCUT2D eigenvalue weighted by Crippen LogP contribution is 2.33. The van der Waals surface area contributed by atoms with E-state index in [4.69, 9.17) is 11.6 Å². The number of rotatable bonds is 5. The Morgan fingerprint density at radius 3 is 2.44 bits per heavy atom. The van der Waals surface area contributed by atoms with Gasteiger partial charge in [0.05, 0.1) is 10.9 Å². The first-order chi connectivity index (χ1) is 13.2. The molecule has 3 nitrogen and oxygen atoms in total. The van der Waals surface area contributed by atoms with Gasteiger partial charge in [-0.25, -0.2) is 9.97 Å². The zero-order valence-electron chi connectivity index (χ0n) is 15.1. The first kappa shape index (κ1) is 17.5. The highest BCUT2D eigenvalue weighted by atomic mass is 35.5. The normalized spacial score (nSPS) is 10.9. The lowest BCUT2D eigenvalue weighted by Crippen LogP contribution is -2.08. The molecule has 0 saturated heterocycles. The molecule has 0 unspecified atom stereocenters. The van der Waals surface area contributed by atoms with Gasteiger partial charge in [0.1, 0.15) is 5.82 Å². The van der Waals surface area contributed by atoms with Crippen molar-refractivity contribution in [3.8, 4) is 11.1 Å². The minimum absolute atomic E-state index is 0.256. The molecule has 0 aliphatic rings. The van der Waals surface area contributed by atoms with Crippen LogP contribution < -0.4 is 5.32 Å². The second-order valence-corrected chi connectivity index (χ2v) is 6.85. The minimum atomic E-state index is 0.256. The zero-order chi connectivity index (χ0) is 18.6. The third-order valence-electron chi connectivity index (χ3n) is 4.73. The Labute approximate surface area is 164 Å². The highest BCUT2D eigenvalue weighted by Gasteiger charge is 2.12. The molecule has 0 fully saturated rings. The van der Waals surface area contributed by atoms with E-state index in [9.17, 15) is 0 Å². The van der Waals surface area contributed by atoms with Crippen molar-refractivity contribution in [3.63, 3.8) is 0 Å². The molecule has 4 aromatic rings. The largest absolute Gasteiger partial charge is 0.369 e. The lowest BCUT2D eigenvalue weighted by atomic mass is 10.0. The van der Waals surface area contributed by atoms with E-state index < -0.39 is 0 Å². The quantitative estimate of drug-likeness (QED) is 0.441. The van der Waals surface area contributed by atoms with Gasteiger partial charge in [-0.1, -0.05) is 66.7 Å². The summed E-state index contributed by atoms with van der Waals surface area (Å²) in [5.41, 5.74) is 5.71. The first-order valence-corrected chi connectivity index (χ1v) is 9.40. The molecule has 0 bridgehead atoms. The summed E-state index contributed by atoms with van der Waals surface area (Å²) < 4.78 is 0. The molecular formula is C23H20ClN3. The van der Waals surface area contributed by atoms with Crippen molar-refractivity contribution in [1.82, 2.24) is 9.97 Å². The molecular weight excluding hydrogens is 354 g/mol. The van der Waals surface area contributed by atoms with Crippen LogP contribution in [-0.2, 0) is 6.42 Å². The van der Waals surface area contributed by atoms with E-state index >= 15 is 0 Å². The molecule has 3 aromatic carbocycles. The maximum Gasteiger partial charge on any atom is 0.224 e. The maximum absolute atomic E-state index is 6.18. The number of benzene rings is 3. The summed E-state index contributed by atoms with van der Waals surface area (Å²) in [6.45, 7) is 2.91. The van der Waals surface area contributed by atoms with E-state index in [2.05, 4.69) is 64.7 Å². The second-order valence-electron chi connectivity index (χ2n) is 6.51. The van der Waals surface area contributed by atoms with Gasteiger partial charge in [0.2, 0.25) is 5.28 Å². The molecule has 0 radical (unpaired) electrons. The number of nitrogens with one attached hydrogen (secondary N) is 1. The van der Waals surface area contributed by atoms with Gasteiger partial charge in [-0.05, 0) is 53.3 Å². The number of halogens is 1. The molecule has 0 amide bonds. The predicted octanol–water partition coefficient (Wildman–Crippen LogP) is 5.91. The summed E-state index contributed by atoms with van der Waals surface area (Å²) >= 11 is 6.18. The molecule has 1 heterocycles. The molecule has 134 valence electrons. The predicted molar refractivity (Wildman–Crippen MR) is 113 cm³/mol. The van der Waals surface area contributed by atoms with Crippen LogP contribution in [0.3, 0.4) is 0 Å². The van der Waals surface area contributed by atoms with Gasteiger partial charge >= 0.3 is 0 Å². The monoisotopic (exact) mass is 373 g/mol. The van der Waals surface area contributed by atoms with Crippen LogP contribution in [0.15, 0.2) is 72.8 Å². The Hall–Kier alpha value is -2.91. The third kappa shape index (κ3) is 3.79. The fourth-order valence-electron chi connectivity index (χ4n) is 3.35. The molecule has 0 saturated carbocycles. The Morgan fingerprint density at radius 2 is 1.63 bits per heavy atom. The van der Waals surface area contributed by atoms with Crippen LogP contribution in [0.1, 0.15) is 11.1 Å². The van der Waals surface area contributed by atoms with Crippen molar-refractivity contribution in [2.24, 2.45) is 0 Å². The smallest absolute Gasteiger partial charge is 0.224 e. The van der Waals surface area contributed by atoms with E-state index in [0.717, 1.165) is 40.8 Å². The Bertz CT molecular complexity index is 1080. The number of fused-ring (bicyclic) bond motifs is 1. The zero-order valence-corrected chi connectivity index (χ0v) is 15.9. The fourth-order valence-corrected chi connectivity index (χ4v) is 3.52. The van der Waals surface area contributed by atoms with Gasteiger partial charge < -0.3 is 5.32 Å². The SMILES string of the molecule is Cc1ccccc1CCNc1nc(Cl)nc2cccc(-c3ccccc3)c12. The Balaban J connectivity index is 1.70.